The van der Waals surface area contributed by atoms with Crippen molar-refractivity contribution < 1.29 is 14.3 Å². The van der Waals surface area contributed by atoms with Crippen LogP contribution >= 0.6 is 0 Å². The summed E-state index contributed by atoms with van der Waals surface area (Å²) in [7, 11) is 1.63. The first-order valence-electron chi connectivity index (χ1n) is 7.65. The molecule has 0 amide bonds. The maximum absolute atomic E-state index is 12.3. The molecule has 1 atom stereocenters. The SMILES string of the molecule is CCCCCC(C)(Nc1cccc(OC)c1)C(=O)OCC. The largest absolute Gasteiger partial charge is 0.497 e. The number of carbonyl (C=O) groups is 1. The van der Waals surface area contributed by atoms with E-state index in [0.717, 1.165) is 37.1 Å². The van der Waals surface area contributed by atoms with Crippen molar-refractivity contribution in [2.75, 3.05) is 19.0 Å². The zero-order valence-corrected chi connectivity index (χ0v) is 13.6. The molecule has 0 radical (unpaired) electrons. The van der Waals surface area contributed by atoms with Crippen LogP contribution in [-0.2, 0) is 9.53 Å². The van der Waals surface area contributed by atoms with Crippen molar-refractivity contribution in [1.29, 1.82) is 0 Å². The van der Waals surface area contributed by atoms with Gasteiger partial charge in [0.05, 0.1) is 13.7 Å². The van der Waals surface area contributed by atoms with Crippen LogP contribution in [0, 0.1) is 0 Å². The minimum absolute atomic E-state index is 0.205. The average molecular weight is 293 g/mol. The predicted octanol–water partition coefficient (Wildman–Crippen LogP) is 4.01. The van der Waals surface area contributed by atoms with Crippen LogP contribution in [-0.4, -0.2) is 25.2 Å². The molecular weight excluding hydrogens is 266 g/mol. The first kappa shape index (κ1) is 17.3. The molecule has 1 rings (SSSR count). The lowest BCUT2D eigenvalue weighted by Gasteiger charge is -2.29. The van der Waals surface area contributed by atoms with E-state index in [1.165, 1.54) is 0 Å². The molecule has 0 aromatic heterocycles. The number of hydrogen-bond acceptors (Lipinski definition) is 4. The van der Waals surface area contributed by atoms with Crippen LogP contribution in [0.4, 0.5) is 5.69 Å². The zero-order valence-electron chi connectivity index (χ0n) is 13.6. The number of carbonyl (C=O) groups excluding carboxylic acids is 1. The molecule has 0 fully saturated rings. The van der Waals surface area contributed by atoms with E-state index in [1.54, 1.807) is 7.11 Å². The summed E-state index contributed by atoms with van der Waals surface area (Å²) in [6, 6.07) is 7.60. The maximum atomic E-state index is 12.3. The van der Waals surface area contributed by atoms with Gasteiger partial charge in [0, 0.05) is 11.8 Å². The molecular formula is C17H27NO3. The summed E-state index contributed by atoms with van der Waals surface area (Å²) in [5.41, 5.74) is 0.152. The zero-order chi connectivity index (χ0) is 15.7. The van der Waals surface area contributed by atoms with E-state index in [9.17, 15) is 4.79 Å². The summed E-state index contributed by atoms with van der Waals surface area (Å²) in [4.78, 5) is 12.3. The Kier molecular flexibility index (Phi) is 7.06. The lowest BCUT2D eigenvalue weighted by Crippen LogP contribution is -2.44. The minimum Gasteiger partial charge on any atom is -0.497 e. The van der Waals surface area contributed by atoms with E-state index in [-0.39, 0.29) is 5.97 Å². The van der Waals surface area contributed by atoms with Gasteiger partial charge in [-0.15, -0.1) is 0 Å². The third kappa shape index (κ3) is 5.29. The number of nitrogens with one attached hydrogen (secondary N) is 1. The Hall–Kier alpha value is -1.71. The minimum atomic E-state index is -0.711. The summed E-state index contributed by atoms with van der Waals surface area (Å²) >= 11 is 0. The number of rotatable bonds is 9. The van der Waals surface area contributed by atoms with Gasteiger partial charge in [0.25, 0.3) is 0 Å². The Bertz CT molecular complexity index is 447. The lowest BCUT2D eigenvalue weighted by molar-refractivity contribution is -0.148. The Morgan fingerprint density at radius 2 is 2.05 bits per heavy atom. The fraction of sp³-hybridized carbons (Fsp3) is 0.588. The standard InChI is InChI=1S/C17H27NO3/c1-5-7-8-12-17(3,16(19)21-6-2)18-14-10-9-11-15(13-14)20-4/h9-11,13,18H,5-8,12H2,1-4H3. The molecule has 1 unspecified atom stereocenters. The molecule has 0 bridgehead atoms. The van der Waals surface area contributed by atoms with Crippen molar-refractivity contribution in [2.45, 2.75) is 52.0 Å². The van der Waals surface area contributed by atoms with Crippen molar-refractivity contribution in [3.05, 3.63) is 24.3 Å². The highest BCUT2D eigenvalue weighted by molar-refractivity contribution is 5.84. The molecule has 4 heteroatoms. The second-order valence-electron chi connectivity index (χ2n) is 5.37. The highest BCUT2D eigenvalue weighted by Gasteiger charge is 2.34. The molecule has 21 heavy (non-hydrogen) atoms. The summed E-state index contributed by atoms with van der Waals surface area (Å²) < 4.78 is 10.5. The highest BCUT2D eigenvalue weighted by Crippen LogP contribution is 2.25. The molecule has 0 aliphatic heterocycles. The normalized spacial score (nSPS) is 13.3. The van der Waals surface area contributed by atoms with Gasteiger partial charge in [-0.05, 0) is 32.4 Å². The fourth-order valence-corrected chi connectivity index (χ4v) is 2.25. The quantitative estimate of drug-likeness (QED) is 0.552. The summed E-state index contributed by atoms with van der Waals surface area (Å²) in [5.74, 6) is 0.559. The van der Waals surface area contributed by atoms with Gasteiger partial charge >= 0.3 is 5.97 Å². The molecule has 0 heterocycles. The number of anilines is 1. The van der Waals surface area contributed by atoms with Crippen LogP contribution < -0.4 is 10.1 Å². The van der Waals surface area contributed by atoms with E-state index in [1.807, 2.05) is 38.1 Å². The highest BCUT2D eigenvalue weighted by atomic mass is 16.5. The fourth-order valence-electron chi connectivity index (χ4n) is 2.25. The molecule has 0 aliphatic carbocycles. The predicted molar refractivity (Wildman–Crippen MR) is 85.8 cm³/mol. The smallest absolute Gasteiger partial charge is 0.331 e. The van der Waals surface area contributed by atoms with Gasteiger partial charge < -0.3 is 14.8 Å². The molecule has 1 aromatic carbocycles. The van der Waals surface area contributed by atoms with Crippen LogP contribution in [0.15, 0.2) is 24.3 Å². The first-order valence-corrected chi connectivity index (χ1v) is 7.65. The summed E-state index contributed by atoms with van der Waals surface area (Å²) in [5, 5.41) is 3.32. The first-order chi connectivity index (χ1) is 10.1. The van der Waals surface area contributed by atoms with Gasteiger partial charge in [-0.3, -0.25) is 0 Å². The van der Waals surface area contributed by atoms with Gasteiger partial charge in [-0.1, -0.05) is 32.3 Å². The van der Waals surface area contributed by atoms with E-state index in [2.05, 4.69) is 12.2 Å². The Morgan fingerprint density at radius 3 is 2.67 bits per heavy atom. The Morgan fingerprint density at radius 1 is 1.29 bits per heavy atom. The van der Waals surface area contributed by atoms with Crippen LogP contribution in [0.1, 0.15) is 46.5 Å². The van der Waals surface area contributed by atoms with Gasteiger partial charge in [0.1, 0.15) is 11.3 Å². The third-order valence-corrected chi connectivity index (χ3v) is 3.50. The van der Waals surface area contributed by atoms with Crippen molar-refractivity contribution in [1.82, 2.24) is 0 Å². The lowest BCUT2D eigenvalue weighted by atomic mass is 9.94. The number of unbranched alkanes of at least 4 members (excludes halogenated alkanes) is 2. The van der Waals surface area contributed by atoms with E-state index in [4.69, 9.17) is 9.47 Å². The summed E-state index contributed by atoms with van der Waals surface area (Å²) in [6.45, 7) is 6.27. The van der Waals surface area contributed by atoms with E-state index >= 15 is 0 Å². The molecule has 1 aromatic rings. The second-order valence-corrected chi connectivity index (χ2v) is 5.37. The molecule has 0 spiro atoms. The number of ether oxygens (including phenoxy) is 2. The monoisotopic (exact) mass is 293 g/mol. The van der Waals surface area contributed by atoms with Gasteiger partial charge in [-0.2, -0.15) is 0 Å². The number of benzene rings is 1. The second kappa shape index (κ2) is 8.55. The van der Waals surface area contributed by atoms with Gasteiger partial charge in [0.15, 0.2) is 0 Å². The van der Waals surface area contributed by atoms with E-state index < -0.39 is 5.54 Å². The molecule has 118 valence electrons. The van der Waals surface area contributed by atoms with Crippen molar-refractivity contribution in [3.63, 3.8) is 0 Å². The van der Waals surface area contributed by atoms with Crippen molar-refractivity contribution >= 4 is 11.7 Å². The number of methoxy groups -OCH3 is 1. The average Bonchev–Trinajstić information content (AvgIpc) is 2.48. The van der Waals surface area contributed by atoms with Gasteiger partial charge in [-0.25, -0.2) is 4.79 Å². The Balaban J connectivity index is 2.86. The third-order valence-electron chi connectivity index (χ3n) is 3.50. The van der Waals surface area contributed by atoms with Crippen LogP contribution in [0.3, 0.4) is 0 Å². The van der Waals surface area contributed by atoms with Crippen molar-refractivity contribution in [3.8, 4) is 5.75 Å². The molecule has 1 N–H and O–H groups in total. The number of esters is 1. The van der Waals surface area contributed by atoms with Crippen molar-refractivity contribution in [2.24, 2.45) is 0 Å². The molecule has 0 saturated heterocycles. The Labute approximate surface area is 127 Å². The molecule has 0 saturated carbocycles. The van der Waals surface area contributed by atoms with Gasteiger partial charge in [0.2, 0.25) is 0 Å². The van der Waals surface area contributed by atoms with Crippen LogP contribution in [0.25, 0.3) is 0 Å². The molecule has 4 nitrogen and oxygen atoms in total. The van der Waals surface area contributed by atoms with Crippen LogP contribution in [0.5, 0.6) is 5.75 Å². The topological polar surface area (TPSA) is 47.6 Å². The summed E-state index contributed by atoms with van der Waals surface area (Å²) in [6.07, 6.45) is 3.96. The molecule has 0 aliphatic rings. The maximum Gasteiger partial charge on any atom is 0.331 e. The number of hydrogen-bond donors (Lipinski definition) is 1. The van der Waals surface area contributed by atoms with E-state index in [0.29, 0.717) is 6.61 Å². The van der Waals surface area contributed by atoms with Crippen LogP contribution in [0.2, 0.25) is 0 Å².